The lowest BCUT2D eigenvalue weighted by molar-refractivity contribution is -0.129. The molecule has 1 N–H and O–H groups in total. The molecule has 0 atom stereocenters. The summed E-state index contributed by atoms with van der Waals surface area (Å²) in [6.07, 6.45) is 8.79. The number of nitrogens with zero attached hydrogens (tertiary/aromatic N) is 3. The Bertz CT molecular complexity index is 634. The van der Waals surface area contributed by atoms with Crippen molar-refractivity contribution in [2.45, 2.75) is 58.4 Å². The molecule has 4 aliphatic carbocycles. The summed E-state index contributed by atoms with van der Waals surface area (Å²) < 4.78 is 0. The molecule has 1 aromatic heterocycles. The van der Waals surface area contributed by atoms with Gasteiger partial charge in [0.2, 0.25) is 5.91 Å². The lowest BCUT2D eigenvalue weighted by atomic mass is 9.49. The fraction of sp³-hybridized carbons (Fsp3) is 0.750. The summed E-state index contributed by atoms with van der Waals surface area (Å²) in [6, 6.07) is 1.96. The van der Waals surface area contributed by atoms with Crippen molar-refractivity contribution < 1.29 is 4.79 Å². The van der Waals surface area contributed by atoms with Crippen molar-refractivity contribution in [1.82, 2.24) is 15.3 Å². The van der Waals surface area contributed by atoms with Gasteiger partial charge in [-0.2, -0.15) is 0 Å². The van der Waals surface area contributed by atoms with Gasteiger partial charge < -0.3 is 10.2 Å². The summed E-state index contributed by atoms with van der Waals surface area (Å²) in [5.41, 5.74) is 1.23. The highest BCUT2D eigenvalue weighted by Gasteiger charge is 2.51. The Morgan fingerprint density at radius 3 is 2.32 bits per heavy atom. The van der Waals surface area contributed by atoms with Crippen molar-refractivity contribution in [2.24, 2.45) is 23.2 Å². The van der Waals surface area contributed by atoms with E-state index in [4.69, 9.17) is 0 Å². The van der Waals surface area contributed by atoms with Crippen LogP contribution < -0.4 is 10.2 Å². The Kier molecular flexibility index (Phi) is 4.20. The van der Waals surface area contributed by atoms with E-state index in [2.05, 4.69) is 15.3 Å². The first-order valence-corrected chi connectivity index (χ1v) is 9.69. The minimum atomic E-state index is 0.179. The van der Waals surface area contributed by atoms with Crippen molar-refractivity contribution in [3.8, 4) is 0 Å². The van der Waals surface area contributed by atoms with Crippen LogP contribution in [0.15, 0.2) is 6.07 Å². The molecule has 4 aliphatic rings. The van der Waals surface area contributed by atoms with E-state index in [1.165, 1.54) is 38.5 Å². The zero-order valence-corrected chi connectivity index (χ0v) is 15.7. The monoisotopic (exact) mass is 342 g/mol. The number of aromatic nitrogens is 2. The van der Waals surface area contributed by atoms with Crippen molar-refractivity contribution in [3.05, 3.63) is 17.6 Å². The Labute approximate surface area is 150 Å². The van der Waals surface area contributed by atoms with E-state index in [0.29, 0.717) is 24.2 Å². The third-order valence-electron chi connectivity index (χ3n) is 6.49. The van der Waals surface area contributed by atoms with Crippen LogP contribution in [0, 0.1) is 30.1 Å². The van der Waals surface area contributed by atoms with Gasteiger partial charge in [0.1, 0.15) is 11.6 Å². The maximum Gasteiger partial charge on any atom is 0.220 e. The molecule has 0 aliphatic heterocycles. The molecule has 4 fully saturated rings. The second-order valence-electron chi connectivity index (χ2n) is 9.05. The van der Waals surface area contributed by atoms with E-state index in [1.54, 1.807) is 0 Å². The second kappa shape index (κ2) is 6.26. The first-order valence-electron chi connectivity index (χ1n) is 9.69. The Balaban J connectivity index is 1.37. The first-order chi connectivity index (χ1) is 11.9. The summed E-state index contributed by atoms with van der Waals surface area (Å²) >= 11 is 0. The van der Waals surface area contributed by atoms with Crippen LogP contribution in [0.4, 0.5) is 5.82 Å². The number of anilines is 1. The predicted octanol–water partition coefficient (Wildman–Crippen LogP) is 3.07. The van der Waals surface area contributed by atoms with Crippen LogP contribution in [0.2, 0.25) is 0 Å². The van der Waals surface area contributed by atoms with Crippen molar-refractivity contribution in [1.29, 1.82) is 0 Å². The fourth-order valence-corrected chi connectivity index (χ4v) is 6.01. The topological polar surface area (TPSA) is 58.1 Å². The minimum Gasteiger partial charge on any atom is -0.363 e. The molecule has 5 rings (SSSR count). The minimum absolute atomic E-state index is 0.179. The summed E-state index contributed by atoms with van der Waals surface area (Å²) in [7, 11) is 3.94. The molecule has 1 aromatic rings. The second-order valence-corrected chi connectivity index (χ2v) is 9.05. The van der Waals surface area contributed by atoms with Crippen LogP contribution in [-0.4, -0.2) is 30.0 Å². The molecule has 136 valence electrons. The standard InChI is InChI=1S/C20H30N4O/c1-13-4-18(24(2)3)23-17(22-13)12-21-19(25)11-20-8-14-5-15(9-20)7-16(6-14)10-20/h4,14-16H,5-12H2,1-3H3,(H,21,25). The Hall–Kier alpha value is -1.65. The summed E-state index contributed by atoms with van der Waals surface area (Å²) in [4.78, 5) is 23.6. The fourth-order valence-electron chi connectivity index (χ4n) is 6.01. The van der Waals surface area contributed by atoms with E-state index in [-0.39, 0.29) is 5.91 Å². The third-order valence-corrected chi connectivity index (χ3v) is 6.49. The zero-order valence-electron chi connectivity index (χ0n) is 15.7. The number of nitrogens with one attached hydrogen (secondary N) is 1. The molecule has 0 saturated heterocycles. The lowest BCUT2D eigenvalue weighted by Gasteiger charge is -2.56. The molecular formula is C20H30N4O. The maximum absolute atomic E-state index is 12.6. The highest BCUT2D eigenvalue weighted by Crippen LogP contribution is 2.61. The lowest BCUT2D eigenvalue weighted by Crippen LogP contribution is -2.48. The zero-order chi connectivity index (χ0) is 17.6. The number of hydrogen-bond acceptors (Lipinski definition) is 4. The van der Waals surface area contributed by atoms with E-state index < -0.39 is 0 Å². The van der Waals surface area contributed by atoms with Crippen molar-refractivity contribution >= 4 is 11.7 Å². The van der Waals surface area contributed by atoms with Crippen LogP contribution >= 0.6 is 0 Å². The molecule has 5 nitrogen and oxygen atoms in total. The van der Waals surface area contributed by atoms with Gasteiger partial charge in [0.15, 0.2) is 0 Å². The van der Waals surface area contributed by atoms with Gasteiger partial charge in [-0.05, 0) is 68.6 Å². The highest BCUT2D eigenvalue weighted by atomic mass is 16.1. The molecule has 25 heavy (non-hydrogen) atoms. The largest absolute Gasteiger partial charge is 0.363 e. The summed E-state index contributed by atoms with van der Waals surface area (Å²) in [5, 5.41) is 3.08. The molecule has 0 spiro atoms. The molecule has 0 radical (unpaired) electrons. The quantitative estimate of drug-likeness (QED) is 0.893. The number of amides is 1. The van der Waals surface area contributed by atoms with Crippen molar-refractivity contribution in [2.75, 3.05) is 19.0 Å². The van der Waals surface area contributed by atoms with E-state index >= 15 is 0 Å². The van der Waals surface area contributed by atoms with Gasteiger partial charge >= 0.3 is 0 Å². The van der Waals surface area contributed by atoms with Gasteiger partial charge in [0.05, 0.1) is 6.54 Å². The van der Waals surface area contributed by atoms with Gasteiger partial charge in [-0.1, -0.05) is 0 Å². The molecule has 0 aromatic carbocycles. The molecule has 0 unspecified atom stereocenters. The predicted molar refractivity (Wildman–Crippen MR) is 98.2 cm³/mol. The number of rotatable bonds is 5. The van der Waals surface area contributed by atoms with Crippen LogP contribution in [0.3, 0.4) is 0 Å². The Morgan fingerprint density at radius 1 is 1.16 bits per heavy atom. The van der Waals surface area contributed by atoms with Gasteiger partial charge in [-0.25, -0.2) is 9.97 Å². The molecule has 4 bridgehead atoms. The number of aryl methyl sites for hydroxylation is 1. The molecule has 5 heteroatoms. The number of hydrogen-bond donors (Lipinski definition) is 1. The number of carbonyl (C=O) groups is 1. The van der Waals surface area contributed by atoms with E-state index in [9.17, 15) is 4.79 Å². The van der Waals surface area contributed by atoms with Crippen LogP contribution in [0.5, 0.6) is 0 Å². The number of carbonyl (C=O) groups excluding carboxylic acids is 1. The maximum atomic E-state index is 12.6. The normalized spacial score (nSPS) is 32.7. The average Bonchev–Trinajstić information content (AvgIpc) is 2.50. The molecule has 4 saturated carbocycles. The van der Waals surface area contributed by atoms with Gasteiger partial charge in [-0.3, -0.25) is 4.79 Å². The third kappa shape index (κ3) is 3.51. The first kappa shape index (κ1) is 16.8. The van der Waals surface area contributed by atoms with Gasteiger partial charge in [-0.15, -0.1) is 0 Å². The van der Waals surface area contributed by atoms with Crippen LogP contribution in [0.1, 0.15) is 56.5 Å². The van der Waals surface area contributed by atoms with E-state index in [1.807, 2.05) is 32.0 Å². The van der Waals surface area contributed by atoms with Gasteiger partial charge in [0, 0.05) is 32.3 Å². The average molecular weight is 342 g/mol. The summed E-state index contributed by atoms with van der Waals surface area (Å²) in [5.74, 6) is 4.43. The van der Waals surface area contributed by atoms with Gasteiger partial charge in [0.25, 0.3) is 0 Å². The van der Waals surface area contributed by atoms with Crippen molar-refractivity contribution in [3.63, 3.8) is 0 Å². The highest BCUT2D eigenvalue weighted by molar-refractivity contribution is 5.76. The summed E-state index contributed by atoms with van der Waals surface area (Å²) in [6.45, 7) is 2.39. The Morgan fingerprint density at radius 2 is 1.76 bits per heavy atom. The molecule has 1 heterocycles. The van der Waals surface area contributed by atoms with Crippen LogP contribution in [0.25, 0.3) is 0 Å². The van der Waals surface area contributed by atoms with Crippen LogP contribution in [-0.2, 0) is 11.3 Å². The smallest absolute Gasteiger partial charge is 0.220 e. The van der Waals surface area contributed by atoms with E-state index in [0.717, 1.165) is 29.3 Å². The molecular weight excluding hydrogens is 312 g/mol. The molecule has 1 amide bonds. The SMILES string of the molecule is Cc1cc(N(C)C)nc(CNC(=O)CC23CC4CC(CC(C4)C2)C3)n1.